The molecule has 0 spiro atoms. The predicted molar refractivity (Wildman–Crippen MR) is 90.9 cm³/mol. The van der Waals surface area contributed by atoms with Gasteiger partial charge >= 0.3 is 0 Å². The number of aromatic nitrogens is 1. The Labute approximate surface area is 147 Å². The van der Waals surface area contributed by atoms with E-state index in [4.69, 9.17) is 9.47 Å². The van der Waals surface area contributed by atoms with Crippen LogP contribution in [0.5, 0.6) is 5.88 Å². The summed E-state index contributed by atoms with van der Waals surface area (Å²) >= 11 is 0. The Morgan fingerprint density at radius 1 is 1.28 bits per heavy atom. The molecule has 1 aromatic rings. The highest BCUT2D eigenvalue weighted by Crippen LogP contribution is 2.34. The minimum absolute atomic E-state index is 0.135. The van der Waals surface area contributed by atoms with Crippen molar-refractivity contribution in [2.45, 2.75) is 37.8 Å². The number of likely N-dealkylation sites (tertiary alicyclic amines) is 1. The summed E-state index contributed by atoms with van der Waals surface area (Å²) in [6, 6.07) is 3.62. The van der Waals surface area contributed by atoms with Gasteiger partial charge in [-0.2, -0.15) is 0 Å². The van der Waals surface area contributed by atoms with Crippen molar-refractivity contribution < 1.29 is 19.1 Å². The van der Waals surface area contributed by atoms with Gasteiger partial charge in [0.2, 0.25) is 11.8 Å². The summed E-state index contributed by atoms with van der Waals surface area (Å²) in [6.45, 7) is 1.52. The van der Waals surface area contributed by atoms with Gasteiger partial charge in [0.15, 0.2) is 0 Å². The molecule has 0 atom stereocenters. The number of nitrogens with zero attached hydrogens (tertiary/aromatic N) is 2. The molecular weight excluding hydrogens is 322 g/mol. The normalized spacial score (nSPS) is 19.4. The van der Waals surface area contributed by atoms with E-state index < -0.39 is 5.60 Å². The number of piperidine rings is 1. The van der Waals surface area contributed by atoms with E-state index in [0.29, 0.717) is 38.4 Å². The molecule has 2 amide bonds. The minimum Gasteiger partial charge on any atom is -0.481 e. The highest BCUT2D eigenvalue weighted by molar-refractivity contribution is 5.86. The number of hydrogen-bond donors (Lipinski definition) is 1. The molecule has 1 saturated heterocycles. The molecule has 2 heterocycles. The standard InChI is InChI=1S/C18H25N3O4/c1-24-15-6-3-13(11-19-15)12-20-17(23)18(25-2)7-9-21(10-8-18)16(22)14-4-5-14/h3,6,11,14H,4-5,7-10,12H2,1-2H3,(H,20,23). The van der Waals surface area contributed by atoms with E-state index in [1.165, 1.54) is 0 Å². The fourth-order valence-corrected chi connectivity index (χ4v) is 3.18. The number of carbonyl (C=O) groups excluding carboxylic acids is 2. The topological polar surface area (TPSA) is 80.8 Å². The zero-order chi connectivity index (χ0) is 17.9. The maximum Gasteiger partial charge on any atom is 0.252 e. The van der Waals surface area contributed by atoms with E-state index in [9.17, 15) is 9.59 Å². The van der Waals surface area contributed by atoms with Gasteiger partial charge in [-0.15, -0.1) is 0 Å². The molecule has 1 aliphatic heterocycles. The lowest BCUT2D eigenvalue weighted by Gasteiger charge is -2.39. The van der Waals surface area contributed by atoms with Gasteiger partial charge in [0.25, 0.3) is 5.91 Å². The number of rotatable bonds is 6. The molecule has 1 aromatic heterocycles. The third-order valence-electron chi connectivity index (χ3n) is 5.07. The summed E-state index contributed by atoms with van der Waals surface area (Å²) in [5.41, 5.74) is 0.0296. The van der Waals surface area contributed by atoms with E-state index in [2.05, 4.69) is 10.3 Å². The van der Waals surface area contributed by atoms with Crippen molar-refractivity contribution in [2.24, 2.45) is 5.92 Å². The quantitative estimate of drug-likeness (QED) is 0.834. The van der Waals surface area contributed by atoms with Gasteiger partial charge in [-0.25, -0.2) is 4.98 Å². The van der Waals surface area contributed by atoms with E-state index >= 15 is 0 Å². The molecule has 0 radical (unpaired) electrons. The summed E-state index contributed by atoms with van der Waals surface area (Å²) in [7, 11) is 3.12. The van der Waals surface area contributed by atoms with E-state index in [1.807, 2.05) is 11.0 Å². The van der Waals surface area contributed by atoms with Gasteiger partial charge in [0, 0.05) is 57.8 Å². The fourth-order valence-electron chi connectivity index (χ4n) is 3.18. The molecule has 25 heavy (non-hydrogen) atoms. The molecule has 2 aliphatic rings. The summed E-state index contributed by atoms with van der Waals surface area (Å²) in [5.74, 6) is 0.848. The van der Waals surface area contributed by atoms with Gasteiger partial charge in [0.05, 0.1) is 7.11 Å². The number of carbonyl (C=O) groups is 2. The Balaban J connectivity index is 1.54. The Hall–Kier alpha value is -2.15. The van der Waals surface area contributed by atoms with Crippen molar-refractivity contribution in [3.05, 3.63) is 23.9 Å². The lowest BCUT2D eigenvalue weighted by molar-refractivity contribution is -0.154. The van der Waals surface area contributed by atoms with Crippen molar-refractivity contribution >= 4 is 11.8 Å². The van der Waals surface area contributed by atoms with Crippen molar-refractivity contribution in [2.75, 3.05) is 27.3 Å². The molecule has 3 rings (SSSR count). The Morgan fingerprint density at radius 2 is 2.00 bits per heavy atom. The zero-order valence-corrected chi connectivity index (χ0v) is 14.8. The maximum absolute atomic E-state index is 12.7. The third kappa shape index (κ3) is 3.92. The number of hydrogen-bond acceptors (Lipinski definition) is 5. The van der Waals surface area contributed by atoms with Crippen LogP contribution in [0.4, 0.5) is 0 Å². The predicted octanol–water partition coefficient (Wildman–Crippen LogP) is 1.12. The molecule has 1 saturated carbocycles. The number of pyridine rings is 1. The zero-order valence-electron chi connectivity index (χ0n) is 14.8. The molecular formula is C18H25N3O4. The highest BCUT2D eigenvalue weighted by atomic mass is 16.5. The van der Waals surface area contributed by atoms with Gasteiger partial charge in [-0.3, -0.25) is 9.59 Å². The summed E-state index contributed by atoms with van der Waals surface area (Å²) in [4.78, 5) is 30.8. The van der Waals surface area contributed by atoms with Crippen LogP contribution in [0.3, 0.4) is 0 Å². The molecule has 0 aromatic carbocycles. The first kappa shape index (κ1) is 17.7. The monoisotopic (exact) mass is 347 g/mol. The van der Waals surface area contributed by atoms with Crippen LogP contribution in [-0.2, 0) is 20.9 Å². The smallest absolute Gasteiger partial charge is 0.252 e. The Morgan fingerprint density at radius 3 is 2.52 bits per heavy atom. The van der Waals surface area contributed by atoms with E-state index in [1.54, 1.807) is 26.5 Å². The lowest BCUT2D eigenvalue weighted by Crippen LogP contribution is -2.55. The van der Waals surface area contributed by atoms with Crippen LogP contribution in [0, 0.1) is 5.92 Å². The lowest BCUT2D eigenvalue weighted by atomic mass is 9.89. The molecule has 136 valence electrons. The molecule has 1 aliphatic carbocycles. The molecule has 1 N–H and O–H groups in total. The second-order valence-corrected chi connectivity index (χ2v) is 6.69. The molecule has 0 unspecified atom stereocenters. The first-order valence-corrected chi connectivity index (χ1v) is 8.69. The van der Waals surface area contributed by atoms with Gasteiger partial charge in [-0.05, 0) is 18.4 Å². The second-order valence-electron chi connectivity index (χ2n) is 6.69. The van der Waals surface area contributed by atoms with Gasteiger partial charge in [0.1, 0.15) is 5.60 Å². The first-order valence-electron chi connectivity index (χ1n) is 8.69. The first-order chi connectivity index (χ1) is 12.1. The van der Waals surface area contributed by atoms with Gasteiger partial charge in [-0.1, -0.05) is 6.07 Å². The average Bonchev–Trinajstić information content (AvgIpc) is 3.51. The highest BCUT2D eigenvalue weighted by Gasteiger charge is 2.44. The molecule has 7 heteroatoms. The van der Waals surface area contributed by atoms with Crippen LogP contribution < -0.4 is 10.1 Å². The summed E-state index contributed by atoms with van der Waals surface area (Å²) in [6.07, 6.45) is 4.72. The number of nitrogens with one attached hydrogen (secondary N) is 1. The van der Waals surface area contributed by atoms with Crippen molar-refractivity contribution in [1.82, 2.24) is 15.2 Å². The van der Waals surface area contributed by atoms with Crippen LogP contribution in [0.25, 0.3) is 0 Å². The number of methoxy groups -OCH3 is 2. The van der Waals surface area contributed by atoms with Crippen LogP contribution in [-0.4, -0.2) is 54.6 Å². The molecule has 2 fully saturated rings. The fraction of sp³-hybridized carbons (Fsp3) is 0.611. The van der Waals surface area contributed by atoms with E-state index in [0.717, 1.165) is 18.4 Å². The summed E-state index contributed by atoms with van der Waals surface area (Å²) < 4.78 is 10.6. The Bertz CT molecular complexity index is 620. The second kappa shape index (κ2) is 7.39. The van der Waals surface area contributed by atoms with Gasteiger partial charge < -0.3 is 19.7 Å². The van der Waals surface area contributed by atoms with Crippen LogP contribution in [0.15, 0.2) is 18.3 Å². The molecule has 7 nitrogen and oxygen atoms in total. The summed E-state index contributed by atoms with van der Waals surface area (Å²) in [5, 5.41) is 2.93. The largest absolute Gasteiger partial charge is 0.481 e. The van der Waals surface area contributed by atoms with E-state index in [-0.39, 0.29) is 17.7 Å². The van der Waals surface area contributed by atoms with Crippen molar-refractivity contribution in [3.63, 3.8) is 0 Å². The SMILES string of the molecule is COc1ccc(CNC(=O)C2(OC)CCN(C(=O)C3CC3)CC2)cn1. The average molecular weight is 347 g/mol. The molecule has 0 bridgehead atoms. The van der Waals surface area contributed by atoms with Crippen LogP contribution in [0.1, 0.15) is 31.2 Å². The van der Waals surface area contributed by atoms with Crippen LogP contribution in [0.2, 0.25) is 0 Å². The van der Waals surface area contributed by atoms with Crippen LogP contribution >= 0.6 is 0 Å². The van der Waals surface area contributed by atoms with Crippen molar-refractivity contribution in [1.29, 1.82) is 0 Å². The number of amides is 2. The Kier molecular flexibility index (Phi) is 5.22. The van der Waals surface area contributed by atoms with Crippen molar-refractivity contribution in [3.8, 4) is 5.88 Å². The third-order valence-corrected chi connectivity index (χ3v) is 5.07. The maximum atomic E-state index is 12.7. The minimum atomic E-state index is -0.861. The number of ether oxygens (including phenoxy) is 2.